The molecule has 0 saturated carbocycles. The van der Waals surface area contributed by atoms with Crippen molar-refractivity contribution in [2.24, 2.45) is 5.92 Å². The van der Waals surface area contributed by atoms with Crippen molar-refractivity contribution in [3.63, 3.8) is 0 Å². The summed E-state index contributed by atoms with van der Waals surface area (Å²) in [6, 6.07) is 4.78. The molecule has 0 heterocycles. The molecule has 8 heteroatoms. The second-order valence-corrected chi connectivity index (χ2v) is 5.98. The first-order chi connectivity index (χ1) is 10.8. The van der Waals surface area contributed by atoms with Gasteiger partial charge in [0.15, 0.2) is 0 Å². The first kappa shape index (κ1) is 18.8. The molecule has 0 aliphatic heterocycles. The number of methoxy groups -OCH3 is 1. The Morgan fingerprint density at radius 1 is 1.43 bits per heavy atom. The molecule has 7 nitrogen and oxygen atoms in total. The number of carbonyl (C=O) groups is 2. The SMILES string of the molecule is COc1cc(NC(=O)C(C)CC(C)NC(=O)O)c(C#N)cc1Br. The van der Waals surface area contributed by atoms with Crippen LogP contribution in [0.1, 0.15) is 25.8 Å². The summed E-state index contributed by atoms with van der Waals surface area (Å²) in [5.41, 5.74) is 0.651. The summed E-state index contributed by atoms with van der Waals surface area (Å²) in [7, 11) is 1.49. The van der Waals surface area contributed by atoms with E-state index < -0.39 is 12.0 Å². The lowest BCUT2D eigenvalue weighted by Crippen LogP contribution is -2.34. The Labute approximate surface area is 142 Å². The average molecular weight is 384 g/mol. The van der Waals surface area contributed by atoms with Crippen molar-refractivity contribution in [3.05, 3.63) is 22.2 Å². The number of nitrogens with zero attached hydrogens (tertiary/aromatic N) is 1. The minimum atomic E-state index is -1.13. The van der Waals surface area contributed by atoms with Crippen LogP contribution in [0.15, 0.2) is 16.6 Å². The molecule has 0 aliphatic rings. The van der Waals surface area contributed by atoms with Gasteiger partial charge < -0.3 is 20.5 Å². The number of anilines is 1. The molecule has 124 valence electrons. The van der Waals surface area contributed by atoms with Gasteiger partial charge in [-0.2, -0.15) is 5.26 Å². The highest BCUT2D eigenvalue weighted by atomic mass is 79.9. The summed E-state index contributed by atoms with van der Waals surface area (Å²) in [5.74, 6) is -0.240. The fraction of sp³-hybridized carbons (Fsp3) is 0.400. The third-order valence-corrected chi connectivity index (χ3v) is 3.81. The molecule has 1 rings (SSSR count). The number of carboxylic acid groups (broad SMARTS) is 1. The van der Waals surface area contributed by atoms with Crippen molar-refractivity contribution in [1.29, 1.82) is 5.26 Å². The van der Waals surface area contributed by atoms with Crippen LogP contribution in [-0.2, 0) is 4.79 Å². The van der Waals surface area contributed by atoms with Gasteiger partial charge in [-0.05, 0) is 35.3 Å². The van der Waals surface area contributed by atoms with Gasteiger partial charge in [0, 0.05) is 18.0 Å². The zero-order chi connectivity index (χ0) is 17.6. The number of benzene rings is 1. The predicted molar refractivity (Wildman–Crippen MR) is 88.4 cm³/mol. The number of ether oxygens (including phenoxy) is 1. The lowest BCUT2D eigenvalue weighted by molar-refractivity contribution is -0.119. The summed E-state index contributed by atoms with van der Waals surface area (Å²) >= 11 is 3.28. The Hall–Kier alpha value is -2.27. The van der Waals surface area contributed by atoms with Crippen molar-refractivity contribution in [2.75, 3.05) is 12.4 Å². The van der Waals surface area contributed by atoms with E-state index in [0.29, 0.717) is 27.9 Å². The number of hydrogen-bond donors (Lipinski definition) is 3. The van der Waals surface area contributed by atoms with Crippen LogP contribution in [0.5, 0.6) is 5.75 Å². The lowest BCUT2D eigenvalue weighted by atomic mass is 10.0. The number of nitriles is 1. The topological polar surface area (TPSA) is 111 Å². The number of rotatable bonds is 6. The molecule has 0 saturated heterocycles. The van der Waals surface area contributed by atoms with E-state index in [-0.39, 0.29) is 11.9 Å². The molecule has 23 heavy (non-hydrogen) atoms. The molecule has 0 fully saturated rings. The molecule has 2 amide bonds. The van der Waals surface area contributed by atoms with Gasteiger partial charge in [0.2, 0.25) is 5.91 Å². The highest BCUT2D eigenvalue weighted by Gasteiger charge is 2.19. The summed E-state index contributed by atoms with van der Waals surface area (Å²) in [5, 5.41) is 22.8. The normalized spacial score (nSPS) is 12.7. The van der Waals surface area contributed by atoms with Crippen LogP contribution in [0.2, 0.25) is 0 Å². The van der Waals surface area contributed by atoms with E-state index in [1.807, 2.05) is 6.07 Å². The minimum absolute atomic E-state index is 0.301. The van der Waals surface area contributed by atoms with Gasteiger partial charge in [0.25, 0.3) is 0 Å². The number of halogens is 1. The first-order valence-corrected chi connectivity index (χ1v) is 7.65. The predicted octanol–water partition coefficient (Wildman–Crippen LogP) is 2.95. The summed E-state index contributed by atoms with van der Waals surface area (Å²) in [4.78, 5) is 22.8. The van der Waals surface area contributed by atoms with Gasteiger partial charge >= 0.3 is 6.09 Å². The summed E-state index contributed by atoms with van der Waals surface area (Å²) in [6.45, 7) is 3.37. The molecular weight excluding hydrogens is 366 g/mol. The molecule has 0 spiro atoms. The lowest BCUT2D eigenvalue weighted by Gasteiger charge is -2.18. The van der Waals surface area contributed by atoms with E-state index >= 15 is 0 Å². The minimum Gasteiger partial charge on any atom is -0.495 e. The quantitative estimate of drug-likeness (QED) is 0.698. The van der Waals surface area contributed by atoms with Crippen LogP contribution in [0, 0.1) is 17.2 Å². The zero-order valence-electron chi connectivity index (χ0n) is 13.0. The molecule has 3 N–H and O–H groups in total. The van der Waals surface area contributed by atoms with Crippen molar-refractivity contribution in [2.45, 2.75) is 26.3 Å². The largest absolute Gasteiger partial charge is 0.495 e. The number of nitrogens with one attached hydrogen (secondary N) is 2. The van der Waals surface area contributed by atoms with E-state index in [4.69, 9.17) is 15.1 Å². The highest BCUT2D eigenvalue weighted by molar-refractivity contribution is 9.10. The van der Waals surface area contributed by atoms with E-state index in [1.165, 1.54) is 7.11 Å². The summed E-state index contributed by atoms with van der Waals surface area (Å²) < 4.78 is 5.77. The molecule has 0 radical (unpaired) electrons. The average Bonchev–Trinajstić information content (AvgIpc) is 2.47. The van der Waals surface area contributed by atoms with Gasteiger partial charge in [0.1, 0.15) is 11.8 Å². The molecule has 0 bridgehead atoms. The van der Waals surface area contributed by atoms with Crippen LogP contribution < -0.4 is 15.4 Å². The highest BCUT2D eigenvalue weighted by Crippen LogP contribution is 2.31. The Bertz CT molecular complexity index is 642. The summed E-state index contributed by atoms with van der Waals surface area (Å²) in [6.07, 6.45) is -0.789. The second kappa shape index (κ2) is 8.39. The first-order valence-electron chi connectivity index (χ1n) is 6.86. The molecule has 0 aromatic heterocycles. The Morgan fingerprint density at radius 2 is 2.09 bits per heavy atom. The molecule has 1 aromatic carbocycles. The third kappa shape index (κ3) is 5.45. The molecule has 2 unspecified atom stereocenters. The Balaban J connectivity index is 2.84. The van der Waals surface area contributed by atoms with Gasteiger partial charge in [0.05, 0.1) is 22.8 Å². The van der Waals surface area contributed by atoms with Crippen molar-refractivity contribution < 1.29 is 19.4 Å². The van der Waals surface area contributed by atoms with E-state index in [0.717, 1.165) is 0 Å². The number of amides is 2. The van der Waals surface area contributed by atoms with Crippen molar-refractivity contribution in [3.8, 4) is 11.8 Å². The fourth-order valence-corrected chi connectivity index (χ4v) is 2.57. The van der Waals surface area contributed by atoms with E-state index in [2.05, 4.69) is 26.6 Å². The van der Waals surface area contributed by atoms with Crippen molar-refractivity contribution >= 4 is 33.6 Å². The third-order valence-electron chi connectivity index (χ3n) is 3.19. The maximum absolute atomic E-state index is 12.2. The van der Waals surface area contributed by atoms with Crippen LogP contribution >= 0.6 is 15.9 Å². The monoisotopic (exact) mass is 383 g/mol. The number of carbonyl (C=O) groups excluding carboxylic acids is 1. The van der Waals surface area contributed by atoms with Gasteiger partial charge in [-0.3, -0.25) is 4.79 Å². The van der Waals surface area contributed by atoms with Gasteiger partial charge in [-0.1, -0.05) is 6.92 Å². The Kier molecular flexibility index (Phi) is 6.85. The fourth-order valence-electron chi connectivity index (χ4n) is 2.07. The number of hydrogen-bond acceptors (Lipinski definition) is 4. The van der Waals surface area contributed by atoms with Gasteiger partial charge in [-0.25, -0.2) is 4.79 Å². The van der Waals surface area contributed by atoms with Crippen LogP contribution in [0.25, 0.3) is 0 Å². The smallest absolute Gasteiger partial charge is 0.404 e. The van der Waals surface area contributed by atoms with Crippen LogP contribution in [-0.4, -0.2) is 30.3 Å². The van der Waals surface area contributed by atoms with E-state index in [1.54, 1.807) is 26.0 Å². The maximum Gasteiger partial charge on any atom is 0.404 e. The molecule has 1 aromatic rings. The van der Waals surface area contributed by atoms with Crippen molar-refractivity contribution in [1.82, 2.24) is 5.32 Å². The second-order valence-electron chi connectivity index (χ2n) is 5.12. The maximum atomic E-state index is 12.2. The van der Waals surface area contributed by atoms with Gasteiger partial charge in [-0.15, -0.1) is 0 Å². The zero-order valence-corrected chi connectivity index (χ0v) is 14.6. The molecule has 2 atom stereocenters. The Morgan fingerprint density at radius 3 is 2.61 bits per heavy atom. The van der Waals surface area contributed by atoms with E-state index in [9.17, 15) is 9.59 Å². The standard InChI is InChI=1S/C15H18BrN3O4/c1-8(4-9(2)18-15(21)22)14(20)19-12-6-13(23-3)11(16)5-10(12)7-17/h5-6,8-9,18H,4H2,1-3H3,(H,19,20)(H,21,22). The van der Waals surface area contributed by atoms with Crippen LogP contribution in [0.3, 0.4) is 0 Å². The molecule has 0 aliphatic carbocycles. The molecular formula is C15H18BrN3O4. The van der Waals surface area contributed by atoms with Crippen LogP contribution in [0.4, 0.5) is 10.5 Å².